The summed E-state index contributed by atoms with van der Waals surface area (Å²) >= 11 is 0. The van der Waals surface area contributed by atoms with Gasteiger partial charge in [-0.2, -0.15) is 0 Å². The molecule has 1 fully saturated rings. The van der Waals surface area contributed by atoms with E-state index >= 15 is 0 Å². The minimum atomic E-state index is 0.208. The van der Waals surface area contributed by atoms with Crippen LogP contribution in [0.25, 0.3) is 6.08 Å². The Hall–Kier alpha value is -2.29. The number of aromatic nitrogens is 2. The molecule has 2 aliphatic carbocycles. The number of carbonyl (C=O) groups is 1. The molecule has 0 radical (unpaired) electrons. The summed E-state index contributed by atoms with van der Waals surface area (Å²) in [5.74, 6) is 2.25. The number of Topliss-reactive ketones (excluding diaryl/α,β-unsaturated/α-hetero) is 1. The van der Waals surface area contributed by atoms with Gasteiger partial charge in [0, 0.05) is 17.9 Å². The highest BCUT2D eigenvalue weighted by atomic mass is 16.1. The van der Waals surface area contributed by atoms with Gasteiger partial charge in [-0.25, -0.2) is 9.97 Å². The van der Waals surface area contributed by atoms with E-state index in [2.05, 4.69) is 59.4 Å². The number of fused-ring (bicyclic) bond motifs is 1. The second-order valence-electron chi connectivity index (χ2n) is 11.1. The third-order valence-corrected chi connectivity index (χ3v) is 8.34. The van der Waals surface area contributed by atoms with Crippen molar-refractivity contribution in [3.8, 4) is 0 Å². The molecule has 0 aliphatic heterocycles. The minimum absolute atomic E-state index is 0.208. The lowest BCUT2D eigenvalue weighted by molar-refractivity contribution is -0.122. The first-order valence-electron chi connectivity index (χ1n) is 14.2. The summed E-state index contributed by atoms with van der Waals surface area (Å²) in [7, 11) is 0. The van der Waals surface area contributed by atoms with Crippen LogP contribution in [-0.2, 0) is 24.1 Å². The molecule has 0 N–H and O–H groups in total. The zero-order valence-electron chi connectivity index (χ0n) is 21.8. The monoisotopic (exact) mass is 472 g/mol. The number of allylic oxidation sites excluding steroid dienone is 1. The van der Waals surface area contributed by atoms with E-state index in [1.807, 2.05) is 0 Å². The highest BCUT2D eigenvalue weighted by molar-refractivity contribution is 5.80. The van der Waals surface area contributed by atoms with E-state index in [0.29, 0.717) is 5.78 Å². The van der Waals surface area contributed by atoms with Crippen LogP contribution >= 0.6 is 0 Å². The number of benzene rings is 1. The van der Waals surface area contributed by atoms with Gasteiger partial charge in [0.1, 0.15) is 12.1 Å². The summed E-state index contributed by atoms with van der Waals surface area (Å²) in [6.07, 6.45) is 23.8. The van der Waals surface area contributed by atoms with Gasteiger partial charge in [-0.15, -0.1) is 0 Å². The van der Waals surface area contributed by atoms with Gasteiger partial charge >= 0.3 is 0 Å². The summed E-state index contributed by atoms with van der Waals surface area (Å²) in [4.78, 5) is 21.8. The second-order valence-corrected chi connectivity index (χ2v) is 11.1. The third kappa shape index (κ3) is 8.12. The highest BCUT2D eigenvalue weighted by Gasteiger charge is 2.21. The fourth-order valence-electron chi connectivity index (χ4n) is 6.12. The zero-order valence-corrected chi connectivity index (χ0v) is 21.8. The van der Waals surface area contributed by atoms with Crippen LogP contribution in [0.1, 0.15) is 106 Å². The fourth-order valence-corrected chi connectivity index (χ4v) is 6.12. The van der Waals surface area contributed by atoms with Crippen molar-refractivity contribution in [3.63, 3.8) is 0 Å². The molecule has 188 valence electrons. The lowest BCUT2D eigenvalue weighted by atomic mass is 9.81. The Balaban J connectivity index is 1.12. The molecule has 4 rings (SSSR count). The van der Waals surface area contributed by atoms with Crippen LogP contribution in [0.3, 0.4) is 0 Å². The Morgan fingerprint density at radius 3 is 2.57 bits per heavy atom. The quantitative estimate of drug-likeness (QED) is 0.333. The van der Waals surface area contributed by atoms with Crippen molar-refractivity contribution in [1.82, 2.24) is 9.97 Å². The fraction of sp³-hybridized carbons (Fsp3) is 0.594. The summed E-state index contributed by atoms with van der Waals surface area (Å²) in [5.41, 5.74) is 5.19. The molecule has 0 saturated heterocycles. The van der Waals surface area contributed by atoms with Crippen molar-refractivity contribution in [1.29, 1.82) is 0 Å². The number of rotatable bonds is 11. The molecule has 1 heterocycles. The van der Waals surface area contributed by atoms with Gasteiger partial charge in [-0.05, 0) is 62.3 Å². The molecule has 2 aromatic rings. The van der Waals surface area contributed by atoms with E-state index in [0.717, 1.165) is 63.2 Å². The first-order chi connectivity index (χ1) is 17.2. The maximum atomic E-state index is 12.7. The molecule has 35 heavy (non-hydrogen) atoms. The van der Waals surface area contributed by atoms with E-state index in [1.165, 1.54) is 67.5 Å². The minimum Gasteiger partial charge on any atom is -0.299 e. The molecule has 2 aliphatic rings. The van der Waals surface area contributed by atoms with Gasteiger partial charge in [0.15, 0.2) is 0 Å². The topological polar surface area (TPSA) is 42.9 Å². The first kappa shape index (κ1) is 25.8. The van der Waals surface area contributed by atoms with Gasteiger partial charge in [0.25, 0.3) is 0 Å². The van der Waals surface area contributed by atoms with Crippen LogP contribution < -0.4 is 0 Å². The normalized spacial score (nSPS) is 21.1. The maximum Gasteiger partial charge on any atom is 0.135 e. The van der Waals surface area contributed by atoms with Crippen LogP contribution in [0.15, 0.2) is 42.7 Å². The molecular weight excluding hydrogens is 428 g/mol. The van der Waals surface area contributed by atoms with Gasteiger partial charge in [-0.1, -0.05) is 94.4 Å². The Kier molecular flexibility index (Phi) is 10.1. The molecule has 1 saturated carbocycles. The van der Waals surface area contributed by atoms with Crippen molar-refractivity contribution in [2.75, 3.05) is 0 Å². The van der Waals surface area contributed by atoms with Crippen molar-refractivity contribution >= 4 is 11.9 Å². The average Bonchev–Trinajstić information content (AvgIpc) is 2.87. The van der Waals surface area contributed by atoms with Crippen LogP contribution in [0.4, 0.5) is 0 Å². The van der Waals surface area contributed by atoms with Crippen molar-refractivity contribution in [3.05, 3.63) is 65.2 Å². The largest absolute Gasteiger partial charge is 0.299 e. The number of nitrogens with zero attached hydrogens (tertiary/aromatic N) is 2. The van der Waals surface area contributed by atoms with Crippen LogP contribution in [0, 0.1) is 17.8 Å². The summed E-state index contributed by atoms with van der Waals surface area (Å²) in [6, 6.07) is 10.6. The van der Waals surface area contributed by atoms with E-state index < -0.39 is 0 Å². The van der Waals surface area contributed by atoms with E-state index in [4.69, 9.17) is 0 Å². The molecular formula is C32H44N2O. The summed E-state index contributed by atoms with van der Waals surface area (Å²) in [5, 5.41) is 0. The highest BCUT2D eigenvalue weighted by Crippen LogP contribution is 2.32. The first-order valence-corrected chi connectivity index (χ1v) is 14.2. The predicted octanol–water partition coefficient (Wildman–Crippen LogP) is 7.96. The molecule has 3 heteroatoms. The standard InChI is InChI=1S/C32H44N2O/c1-25(11-7-14-26-12-3-2-4-13-26)32(35)22-10-17-27-15-8-18-28(19-9-16-27)23-31-29-20-5-6-21-30(29)33-24-34-31/h2-5,12-13,20,24-25,27-28H,6-11,14-19,21-23H2,1H3. The molecule has 0 spiro atoms. The van der Waals surface area contributed by atoms with Gasteiger partial charge in [-0.3, -0.25) is 4.79 Å². The number of aryl methyl sites for hydroxylation is 2. The molecule has 0 amide bonds. The SMILES string of the molecule is CC(CCCc1ccccc1)C(=O)CCCC1CCCC(Cc2ncnc3c2C=CCC3)CCC1. The average molecular weight is 473 g/mol. The van der Waals surface area contributed by atoms with Gasteiger partial charge in [0.05, 0.1) is 11.4 Å². The third-order valence-electron chi connectivity index (χ3n) is 8.34. The molecule has 0 bridgehead atoms. The van der Waals surface area contributed by atoms with Gasteiger partial charge < -0.3 is 0 Å². The summed E-state index contributed by atoms with van der Waals surface area (Å²) < 4.78 is 0. The van der Waals surface area contributed by atoms with Crippen molar-refractivity contribution < 1.29 is 4.79 Å². The number of hydrogen-bond acceptors (Lipinski definition) is 3. The van der Waals surface area contributed by atoms with Crippen molar-refractivity contribution in [2.24, 2.45) is 17.8 Å². The van der Waals surface area contributed by atoms with Crippen LogP contribution in [-0.4, -0.2) is 15.8 Å². The van der Waals surface area contributed by atoms with Crippen molar-refractivity contribution in [2.45, 2.75) is 103 Å². The lowest BCUT2D eigenvalue weighted by Gasteiger charge is -2.25. The van der Waals surface area contributed by atoms with Crippen LogP contribution in [0.5, 0.6) is 0 Å². The molecule has 1 aromatic carbocycles. The van der Waals surface area contributed by atoms with Crippen LogP contribution in [0.2, 0.25) is 0 Å². The summed E-state index contributed by atoms with van der Waals surface area (Å²) in [6.45, 7) is 2.13. The number of carbonyl (C=O) groups excluding carboxylic acids is 1. The molecule has 1 atom stereocenters. The number of ketones is 1. The Bertz CT molecular complexity index is 941. The maximum absolute atomic E-state index is 12.7. The Labute approximate surface area is 212 Å². The predicted molar refractivity (Wildman–Crippen MR) is 145 cm³/mol. The van der Waals surface area contributed by atoms with E-state index in [-0.39, 0.29) is 5.92 Å². The smallest absolute Gasteiger partial charge is 0.135 e. The molecule has 1 unspecified atom stereocenters. The van der Waals surface area contributed by atoms with Gasteiger partial charge in [0.2, 0.25) is 0 Å². The molecule has 3 nitrogen and oxygen atoms in total. The number of hydrogen-bond donors (Lipinski definition) is 0. The molecule has 1 aromatic heterocycles. The second kappa shape index (κ2) is 13.7. The van der Waals surface area contributed by atoms with E-state index in [9.17, 15) is 4.79 Å². The Morgan fingerprint density at radius 1 is 1.00 bits per heavy atom. The lowest BCUT2D eigenvalue weighted by Crippen LogP contribution is -2.15. The zero-order chi connectivity index (χ0) is 24.3. The van der Waals surface area contributed by atoms with E-state index in [1.54, 1.807) is 6.33 Å². The Morgan fingerprint density at radius 2 is 1.77 bits per heavy atom.